The van der Waals surface area contributed by atoms with E-state index in [1.165, 1.54) is 5.56 Å². The smallest absolute Gasteiger partial charge is 0.168 e. The van der Waals surface area contributed by atoms with E-state index in [9.17, 15) is 5.11 Å². The average molecular weight is 399 g/mol. The first kappa shape index (κ1) is 19.9. The van der Waals surface area contributed by atoms with E-state index in [0.717, 1.165) is 47.4 Å². The third kappa shape index (κ3) is 3.02. The second-order valence-electron chi connectivity index (χ2n) is 7.58. The van der Waals surface area contributed by atoms with Gasteiger partial charge in [0.2, 0.25) is 0 Å². The number of ether oxygens (including phenoxy) is 4. The number of methoxy groups -OCH3 is 4. The summed E-state index contributed by atoms with van der Waals surface area (Å²) in [5, 5.41) is 11.0. The molecule has 1 aliphatic carbocycles. The Bertz CT molecular complexity index is 926. The molecule has 0 saturated carbocycles. The Morgan fingerprint density at radius 2 is 1.66 bits per heavy atom. The maximum absolute atomic E-state index is 11.0. The van der Waals surface area contributed by atoms with Gasteiger partial charge < -0.3 is 24.1 Å². The van der Waals surface area contributed by atoms with E-state index in [-0.39, 0.29) is 6.04 Å². The summed E-state index contributed by atoms with van der Waals surface area (Å²) < 4.78 is 22.6. The van der Waals surface area contributed by atoms with Crippen LogP contribution in [-0.4, -0.2) is 51.5 Å². The van der Waals surface area contributed by atoms with E-state index in [4.69, 9.17) is 18.9 Å². The van der Waals surface area contributed by atoms with Crippen molar-refractivity contribution in [2.24, 2.45) is 0 Å². The number of aliphatic hydroxyl groups is 1. The van der Waals surface area contributed by atoms with Crippen LogP contribution in [0.15, 0.2) is 18.2 Å². The molecule has 0 bridgehead atoms. The minimum absolute atomic E-state index is 0.175. The summed E-state index contributed by atoms with van der Waals surface area (Å²) in [6.07, 6.45) is 1.31. The molecule has 6 heteroatoms. The van der Waals surface area contributed by atoms with Crippen LogP contribution in [0.4, 0.5) is 0 Å². The predicted octanol–water partition coefficient (Wildman–Crippen LogP) is 3.74. The maximum atomic E-state index is 11.0. The van der Waals surface area contributed by atoms with Gasteiger partial charge >= 0.3 is 0 Å². The largest absolute Gasteiger partial charge is 0.493 e. The average Bonchev–Trinajstić information content (AvgIpc) is 2.75. The Morgan fingerprint density at radius 1 is 0.966 bits per heavy atom. The van der Waals surface area contributed by atoms with E-state index in [2.05, 4.69) is 17.9 Å². The van der Waals surface area contributed by atoms with Crippen molar-refractivity contribution in [2.45, 2.75) is 31.9 Å². The third-order valence-electron chi connectivity index (χ3n) is 6.09. The zero-order valence-corrected chi connectivity index (χ0v) is 17.7. The molecule has 0 amide bonds. The monoisotopic (exact) mass is 399 g/mol. The van der Waals surface area contributed by atoms with Crippen LogP contribution >= 0.6 is 0 Å². The van der Waals surface area contributed by atoms with Gasteiger partial charge in [0.05, 0.1) is 34.5 Å². The molecule has 6 nitrogen and oxygen atoms in total. The molecule has 4 rings (SSSR count). The molecule has 0 radical (unpaired) electrons. The van der Waals surface area contributed by atoms with Crippen LogP contribution < -0.4 is 18.9 Å². The van der Waals surface area contributed by atoms with Crippen LogP contribution in [0.1, 0.15) is 42.2 Å². The lowest BCUT2D eigenvalue weighted by Gasteiger charge is -2.44. The van der Waals surface area contributed by atoms with Crippen molar-refractivity contribution >= 4 is 0 Å². The number of aliphatic hydroxyl groups excluding tert-OH is 1. The molecule has 0 unspecified atom stereocenters. The lowest BCUT2D eigenvalue weighted by atomic mass is 9.75. The molecule has 0 spiro atoms. The molecule has 1 N–H and O–H groups in total. The fourth-order valence-corrected chi connectivity index (χ4v) is 4.86. The predicted molar refractivity (Wildman–Crippen MR) is 111 cm³/mol. The highest BCUT2D eigenvalue weighted by Gasteiger charge is 2.40. The second-order valence-corrected chi connectivity index (χ2v) is 7.58. The Balaban J connectivity index is 2.05. The van der Waals surface area contributed by atoms with Gasteiger partial charge in [0.25, 0.3) is 0 Å². The summed E-state index contributed by atoms with van der Waals surface area (Å²) >= 11 is 0. The van der Waals surface area contributed by atoms with Crippen molar-refractivity contribution in [3.63, 3.8) is 0 Å². The van der Waals surface area contributed by atoms with Crippen LogP contribution in [0, 0.1) is 0 Å². The highest BCUT2D eigenvalue weighted by molar-refractivity contribution is 5.85. The van der Waals surface area contributed by atoms with E-state index < -0.39 is 6.10 Å². The van der Waals surface area contributed by atoms with Gasteiger partial charge in [0, 0.05) is 18.2 Å². The first-order valence-corrected chi connectivity index (χ1v) is 10.0. The van der Waals surface area contributed by atoms with Gasteiger partial charge in [-0.05, 0) is 59.8 Å². The summed E-state index contributed by atoms with van der Waals surface area (Å²) in [6.45, 7) is 3.71. The summed E-state index contributed by atoms with van der Waals surface area (Å²) in [6, 6.07) is 6.18. The Hall–Kier alpha value is -2.44. The van der Waals surface area contributed by atoms with E-state index in [1.807, 2.05) is 12.1 Å². The van der Waals surface area contributed by atoms with Gasteiger partial charge in [0.1, 0.15) is 0 Å². The number of hydrogen-bond donors (Lipinski definition) is 1. The van der Waals surface area contributed by atoms with Crippen LogP contribution in [0.5, 0.6) is 23.0 Å². The van der Waals surface area contributed by atoms with Gasteiger partial charge in [-0.2, -0.15) is 0 Å². The fourth-order valence-electron chi connectivity index (χ4n) is 4.86. The fraction of sp³-hybridized carbons (Fsp3) is 0.478. The summed E-state index contributed by atoms with van der Waals surface area (Å²) in [4.78, 5) is 2.38. The van der Waals surface area contributed by atoms with Crippen LogP contribution in [0.2, 0.25) is 0 Å². The zero-order chi connectivity index (χ0) is 20.7. The van der Waals surface area contributed by atoms with Crippen LogP contribution in [0.3, 0.4) is 0 Å². The Morgan fingerprint density at radius 3 is 2.28 bits per heavy atom. The number of β-amino-alcohol motifs (C(OH)–C–C–N with tert-alkyl or cyclic N) is 1. The van der Waals surface area contributed by atoms with Gasteiger partial charge in [-0.25, -0.2) is 0 Å². The lowest BCUT2D eigenvalue weighted by molar-refractivity contribution is 0.0651. The molecule has 0 fully saturated rings. The zero-order valence-electron chi connectivity index (χ0n) is 17.7. The normalized spacial score (nSPS) is 19.9. The molecule has 0 saturated heterocycles. The molecule has 29 heavy (non-hydrogen) atoms. The van der Waals surface area contributed by atoms with Crippen LogP contribution in [-0.2, 0) is 6.42 Å². The number of rotatable bonds is 6. The van der Waals surface area contributed by atoms with Gasteiger partial charge in [-0.3, -0.25) is 4.90 Å². The molecule has 1 heterocycles. The highest BCUT2D eigenvalue weighted by Crippen LogP contribution is 2.55. The van der Waals surface area contributed by atoms with Crippen molar-refractivity contribution in [3.8, 4) is 34.1 Å². The molecular weight excluding hydrogens is 370 g/mol. The minimum atomic E-state index is -0.562. The molecular formula is C23H29NO5. The summed E-state index contributed by atoms with van der Waals surface area (Å²) in [5.74, 6) is 2.71. The van der Waals surface area contributed by atoms with E-state index in [1.54, 1.807) is 28.4 Å². The van der Waals surface area contributed by atoms with E-state index >= 15 is 0 Å². The van der Waals surface area contributed by atoms with Crippen molar-refractivity contribution in [1.82, 2.24) is 4.90 Å². The first-order chi connectivity index (χ1) is 14.1. The molecule has 2 atom stereocenters. The van der Waals surface area contributed by atoms with Gasteiger partial charge in [-0.1, -0.05) is 6.92 Å². The van der Waals surface area contributed by atoms with Crippen molar-refractivity contribution < 1.29 is 24.1 Å². The number of nitrogens with zero attached hydrogens (tertiary/aromatic N) is 1. The molecule has 2 aromatic rings. The van der Waals surface area contributed by atoms with Crippen LogP contribution in [0.25, 0.3) is 11.1 Å². The van der Waals surface area contributed by atoms with Gasteiger partial charge in [-0.15, -0.1) is 0 Å². The summed E-state index contributed by atoms with van der Waals surface area (Å²) in [7, 11) is 6.59. The van der Waals surface area contributed by atoms with Gasteiger partial charge in [0.15, 0.2) is 23.0 Å². The highest BCUT2D eigenvalue weighted by atomic mass is 16.5. The number of fused-ring (bicyclic) bond motifs is 2. The molecule has 2 aromatic carbocycles. The lowest BCUT2D eigenvalue weighted by Crippen LogP contribution is -2.41. The van der Waals surface area contributed by atoms with Crippen molar-refractivity contribution in [1.29, 1.82) is 0 Å². The molecule has 2 aliphatic rings. The van der Waals surface area contributed by atoms with E-state index in [0.29, 0.717) is 23.8 Å². The maximum Gasteiger partial charge on any atom is 0.168 e. The SMILES string of the molecule is CCCN1C[C@@H](O)c2cc(OC)c(OC)c3c2[C@@H]1Cc1cc(OC)c(OC)cc1-3. The quantitative estimate of drug-likeness (QED) is 0.798. The van der Waals surface area contributed by atoms with Crippen molar-refractivity contribution in [2.75, 3.05) is 41.5 Å². The Kier molecular flexibility index (Phi) is 5.32. The number of benzene rings is 2. The summed E-state index contributed by atoms with van der Waals surface area (Å²) in [5.41, 5.74) is 5.26. The second kappa shape index (κ2) is 7.76. The Labute approximate surface area is 171 Å². The molecule has 156 valence electrons. The third-order valence-corrected chi connectivity index (χ3v) is 6.09. The minimum Gasteiger partial charge on any atom is -0.493 e. The standard InChI is InChI=1S/C23H29NO5/c1-6-7-24-12-17(25)15-11-20(28-4)23(29-5)22-14-10-19(27-3)18(26-2)9-13(14)8-16(24)21(15)22/h9-11,16-17,25H,6-8,12H2,1-5H3/t16-,17+/m0/s1. The topological polar surface area (TPSA) is 60.4 Å². The number of hydrogen-bond acceptors (Lipinski definition) is 6. The molecule has 0 aromatic heterocycles. The molecule has 1 aliphatic heterocycles. The van der Waals surface area contributed by atoms with Crippen molar-refractivity contribution in [3.05, 3.63) is 34.9 Å². The first-order valence-electron chi connectivity index (χ1n) is 10.0.